The van der Waals surface area contributed by atoms with Crippen molar-refractivity contribution in [2.45, 2.75) is 12.2 Å². The van der Waals surface area contributed by atoms with Gasteiger partial charge in [0.15, 0.2) is 11.5 Å². The van der Waals surface area contributed by atoms with Gasteiger partial charge >= 0.3 is 12.3 Å². The summed E-state index contributed by atoms with van der Waals surface area (Å²) in [4.78, 5) is 12.5. The van der Waals surface area contributed by atoms with Gasteiger partial charge in [0.1, 0.15) is 18.1 Å². The van der Waals surface area contributed by atoms with Crippen molar-refractivity contribution in [3.63, 3.8) is 0 Å². The second kappa shape index (κ2) is 6.00. The number of anilines is 1. The minimum atomic E-state index is -3.74. The summed E-state index contributed by atoms with van der Waals surface area (Å²) in [6, 6.07) is 8.11. The average molecular weight is 403 g/mol. The van der Waals surface area contributed by atoms with Crippen molar-refractivity contribution in [2.24, 2.45) is 0 Å². The third-order valence-electron chi connectivity index (χ3n) is 5.06. The molecule has 0 fully saturated rings. The molecular formula is C20H15F2NO6. The van der Waals surface area contributed by atoms with E-state index in [1.54, 1.807) is 18.2 Å². The molecule has 150 valence electrons. The molecule has 0 amide bonds. The molecule has 2 aromatic carbocycles. The standard InChI is InChI=1S/C20H15F2NO6/c1-25-10-3-9(4-11(5-10)26-2)17-12-6-15-16(29-20(21,22)28-15)7-13(12)23-14-8-27-19(24)18(14)17/h3-7,17,23H,8H2,1-2H3. The Morgan fingerprint density at radius 3 is 2.34 bits per heavy atom. The molecule has 0 saturated carbocycles. The fraction of sp³-hybridized carbons (Fsp3) is 0.250. The highest BCUT2D eigenvalue weighted by Crippen LogP contribution is 2.51. The Balaban J connectivity index is 1.71. The van der Waals surface area contributed by atoms with Gasteiger partial charge in [0.05, 0.1) is 25.5 Å². The lowest BCUT2D eigenvalue weighted by molar-refractivity contribution is -0.286. The van der Waals surface area contributed by atoms with E-state index in [0.717, 1.165) is 0 Å². The number of cyclic esters (lactones) is 1. The Bertz CT molecular complexity index is 1060. The number of carbonyl (C=O) groups excluding carboxylic acids is 1. The van der Waals surface area contributed by atoms with E-state index in [4.69, 9.17) is 14.2 Å². The summed E-state index contributed by atoms with van der Waals surface area (Å²) in [5.74, 6) is -0.208. The maximum Gasteiger partial charge on any atom is 0.586 e. The van der Waals surface area contributed by atoms with E-state index in [-0.39, 0.29) is 18.1 Å². The Kier molecular flexibility index (Phi) is 3.64. The summed E-state index contributed by atoms with van der Waals surface area (Å²) in [6.07, 6.45) is -3.74. The molecular weight excluding hydrogens is 388 g/mol. The number of benzene rings is 2. The lowest BCUT2D eigenvalue weighted by Gasteiger charge is -2.27. The first-order chi connectivity index (χ1) is 13.9. The van der Waals surface area contributed by atoms with Crippen molar-refractivity contribution >= 4 is 11.7 Å². The number of halogens is 2. The van der Waals surface area contributed by atoms with Crippen molar-refractivity contribution in [1.29, 1.82) is 0 Å². The van der Waals surface area contributed by atoms with Crippen molar-refractivity contribution < 1.29 is 37.3 Å². The quantitative estimate of drug-likeness (QED) is 0.788. The van der Waals surface area contributed by atoms with Gasteiger partial charge in [0, 0.05) is 23.7 Å². The maximum atomic E-state index is 13.6. The number of nitrogens with one attached hydrogen (secondary N) is 1. The molecule has 0 radical (unpaired) electrons. The van der Waals surface area contributed by atoms with Gasteiger partial charge in [0.25, 0.3) is 0 Å². The van der Waals surface area contributed by atoms with Gasteiger partial charge in [-0.1, -0.05) is 0 Å². The zero-order valence-corrected chi connectivity index (χ0v) is 15.4. The monoisotopic (exact) mass is 403 g/mol. The lowest BCUT2D eigenvalue weighted by Crippen LogP contribution is -2.25. The Morgan fingerprint density at radius 1 is 1.03 bits per heavy atom. The van der Waals surface area contributed by atoms with Gasteiger partial charge in [0.2, 0.25) is 0 Å². The highest BCUT2D eigenvalue weighted by atomic mass is 19.3. The number of rotatable bonds is 3. The fourth-order valence-corrected chi connectivity index (χ4v) is 3.83. The molecule has 0 spiro atoms. The third-order valence-corrected chi connectivity index (χ3v) is 5.06. The summed E-state index contributed by atoms with van der Waals surface area (Å²) in [5, 5.41) is 3.09. The van der Waals surface area contributed by atoms with Crippen molar-refractivity contribution in [1.82, 2.24) is 0 Å². The molecule has 0 aliphatic carbocycles. The van der Waals surface area contributed by atoms with E-state index in [1.807, 2.05) is 0 Å². The average Bonchev–Trinajstić information content (AvgIpc) is 3.21. The predicted molar refractivity (Wildman–Crippen MR) is 95.6 cm³/mol. The number of esters is 1. The molecule has 9 heteroatoms. The second-order valence-corrected chi connectivity index (χ2v) is 6.73. The molecule has 2 aromatic rings. The number of ether oxygens (including phenoxy) is 5. The second-order valence-electron chi connectivity index (χ2n) is 6.73. The van der Waals surface area contributed by atoms with Crippen molar-refractivity contribution in [3.05, 3.63) is 52.7 Å². The van der Waals surface area contributed by atoms with Crippen LogP contribution in [0, 0.1) is 0 Å². The summed E-state index contributed by atoms with van der Waals surface area (Å²) in [6.45, 7) is 0.0653. The number of hydrogen-bond acceptors (Lipinski definition) is 7. The highest BCUT2D eigenvalue weighted by molar-refractivity contribution is 5.97. The fourth-order valence-electron chi connectivity index (χ4n) is 3.83. The van der Waals surface area contributed by atoms with Gasteiger partial charge in [-0.2, -0.15) is 0 Å². The van der Waals surface area contributed by atoms with Crippen LogP contribution in [0.4, 0.5) is 14.5 Å². The molecule has 29 heavy (non-hydrogen) atoms. The van der Waals surface area contributed by atoms with Gasteiger partial charge in [-0.25, -0.2) is 4.79 Å². The first-order valence-corrected chi connectivity index (χ1v) is 8.72. The van der Waals surface area contributed by atoms with Crippen molar-refractivity contribution in [3.8, 4) is 23.0 Å². The molecule has 1 unspecified atom stereocenters. The van der Waals surface area contributed by atoms with Crippen LogP contribution >= 0.6 is 0 Å². The predicted octanol–water partition coefficient (Wildman–Crippen LogP) is 3.39. The highest BCUT2D eigenvalue weighted by Gasteiger charge is 2.46. The van der Waals surface area contributed by atoms with Crippen molar-refractivity contribution in [2.75, 3.05) is 26.1 Å². The maximum absolute atomic E-state index is 13.6. The molecule has 7 nitrogen and oxygen atoms in total. The van der Waals surface area contributed by atoms with E-state index in [1.165, 1.54) is 26.4 Å². The third kappa shape index (κ3) is 2.72. The Morgan fingerprint density at radius 2 is 1.69 bits per heavy atom. The van der Waals surface area contributed by atoms with Crippen LogP contribution in [0.5, 0.6) is 23.0 Å². The van der Waals surface area contributed by atoms with Gasteiger partial charge in [-0.3, -0.25) is 0 Å². The SMILES string of the molecule is COc1cc(OC)cc(C2C3=C(COC3=O)Nc3cc4c(cc32)OC(F)(F)O4)c1. The van der Waals surface area contributed by atoms with Gasteiger partial charge in [-0.05, 0) is 29.3 Å². The topological polar surface area (TPSA) is 75.3 Å². The zero-order chi connectivity index (χ0) is 20.3. The van der Waals surface area contributed by atoms with Crippen LogP contribution in [-0.4, -0.2) is 33.1 Å². The Hall–Kier alpha value is -3.49. The molecule has 3 heterocycles. The summed E-state index contributed by atoms with van der Waals surface area (Å²) >= 11 is 0. The summed E-state index contributed by atoms with van der Waals surface area (Å²) in [7, 11) is 3.03. The van der Waals surface area contributed by atoms with Crippen LogP contribution in [0.1, 0.15) is 17.0 Å². The van der Waals surface area contributed by atoms with Crippen LogP contribution in [0.15, 0.2) is 41.6 Å². The largest absolute Gasteiger partial charge is 0.586 e. The molecule has 3 aliphatic heterocycles. The molecule has 0 bridgehead atoms. The number of alkyl halides is 2. The normalized spacial score (nSPS) is 20.6. The minimum Gasteiger partial charge on any atom is -0.497 e. The molecule has 0 saturated heterocycles. The molecule has 1 atom stereocenters. The van der Waals surface area contributed by atoms with Gasteiger partial charge < -0.3 is 29.0 Å². The molecule has 0 aromatic heterocycles. The smallest absolute Gasteiger partial charge is 0.497 e. The number of carbonyl (C=O) groups is 1. The van der Waals surface area contributed by atoms with Gasteiger partial charge in [-0.15, -0.1) is 8.78 Å². The minimum absolute atomic E-state index is 0.0653. The van der Waals surface area contributed by atoms with E-state index in [2.05, 4.69) is 14.8 Å². The number of fused-ring (bicyclic) bond motifs is 2. The van der Waals surface area contributed by atoms with Crippen LogP contribution in [0.25, 0.3) is 0 Å². The summed E-state index contributed by atoms with van der Waals surface area (Å²) < 4.78 is 52.2. The van der Waals surface area contributed by atoms with Crippen LogP contribution in [0.2, 0.25) is 0 Å². The van der Waals surface area contributed by atoms with Crippen LogP contribution in [-0.2, 0) is 9.53 Å². The van der Waals surface area contributed by atoms with Crippen LogP contribution < -0.4 is 24.3 Å². The lowest BCUT2D eigenvalue weighted by atomic mass is 9.81. The first kappa shape index (κ1) is 17.6. The van der Waals surface area contributed by atoms with E-state index < -0.39 is 18.2 Å². The molecule has 1 N–H and O–H groups in total. The van der Waals surface area contributed by atoms with E-state index in [0.29, 0.717) is 39.6 Å². The summed E-state index contributed by atoms with van der Waals surface area (Å²) in [5.41, 5.74) is 2.74. The zero-order valence-electron chi connectivity index (χ0n) is 15.4. The van der Waals surface area contributed by atoms with E-state index in [9.17, 15) is 13.6 Å². The first-order valence-electron chi connectivity index (χ1n) is 8.72. The van der Waals surface area contributed by atoms with Crippen LogP contribution in [0.3, 0.4) is 0 Å². The number of methoxy groups -OCH3 is 2. The van der Waals surface area contributed by atoms with E-state index >= 15 is 0 Å². The Labute approximate surface area is 163 Å². The molecule has 3 aliphatic rings. The molecule has 5 rings (SSSR count). The number of hydrogen-bond donors (Lipinski definition) is 1.